The van der Waals surface area contributed by atoms with Crippen LogP contribution in [0.25, 0.3) is 11.0 Å². The molecule has 0 saturated carbocycles. The second kappa shape index (κ2) is 4.35. The minimum Gasteiger partial charge on any atom is -0.506 e. The van der Waals surface area contributed by atoms with Gasteiger partial charge in [0.05, 0.1) is 11.1 Å². The van der Waals surface area contributed by atoms with Gasteiger partial charge in [-0.05, 0) is 30.7 Å². The van der Waals surface area contributed by atoms with Crippen LogP contribution in [0.3, 0.4) is 0 Å². The molecule has 0 amide bonds. The summed E-state index contributed by atoms with van der Waals surface area (Å²) in [5.41, 5.74) is 1.05. The van der Waals surface area contributed by atoms with Crippen LogP contribution in [0.15, 0.2) is 53.7 Å². The Morgan fingerprint density at radius 1 is 1.20 bits per heavy atom. The number of aromatic nitrogens is 2. The molecule has 2 heterocycles. The van der Waals surface area contributed by atoms with E-state index < -0.39 is 10.0 Å². The number of aromatic hydroxyl groups is 1. The third-order valence-corrected chi connectivity index (χ3v) is 4.76. The van der Waals surface area contributed by atoms with Crippen molar-refractivity contribution < 1.29 is 13.5 Å². The lowest BCUT2D eigenvalue weighted by Gasteiger charge is -2.06. The molecule has 0 fully saturated rings. The summed E-state index contributed by atoms with van der Waals surface area (Å²) in [6.45, 7) is 1.78. The molecule has 2 aromatic heterocycles. The number of hydrogen-bond donors (Lipinski definition) is 1. The third-order valence-electron chi connectivity index (χ3n) is 3.10. The first-order valence-corrected chi connectivity index (χ1v) is 7.41. The van der Waals surface area contributed by atoms with E-state index in [0.29, 0.717) is 11.0 Å². The van der Waals surface area contributed by atoms with Gasteiger partial charge in [-0.1, -0.05) is 18.2 Å². The van der Waals surface area contributed by atoms with E-state index in [4.69, 9.17) is 0 Å². The number of rotatable bonds is 2. The van der Waals surface area contributed by atoms with Gasteiger partial charge < -0.3 is 5.11 Å². The molecule has 5 nitrogen and oxygen atoms in total. The molecule has 0 spiro atoms. The Morgan fingerprint density at radius 3 is 2.60 bits per heavy atom. The first-order chi connectivity index (χ1) is 9.50. The van der Waals surface area contributed by atoms with E-state index in [2.05, 4.69) is 4.98 Å². The fourth-order valence-electron chi connectivity index (χ4n) is 2.11. The number of aryl methyl sites for hydroxylation is 1. The second-order valence-electron chi connectivity index (χ2n) is 4.49. The van der Waals surface area contributed by atoms with Crippen molar-refractivity contribution in [2.24, 2.45) is 0 Å². The average Bonchev–Trinajstić information content (AvgIpc) is 2.77. The average molecular weight is 288 g/mol. The number of pyridine rings is 1. The maximum absolute atomic E-state index is 12.6. The highest BCUT2D eigenvalue weighted by Crippen LogP contribution is 2.26. The molecule has 0 unspecified atom stereocenters. The fraction of sp³-hybridized carbons (Fsp3) is 0.0714. The van der Waals surface area contributed by atoms with Crippen molar-refractivity contribution in [1.29, 1.82) is 0 Å². The topological polar surface area (TPSA) is 72.2 Å². The quantitative estimate of drug-likeness (QED) is 0.785. The minimum atomic E-state index is -3.69. The van der Waals surface area contributed by atoms with Crippen LogP contribution in [0.1, 0.15) is 5.56 Å². The summed E-state index contributed by atoms with van der Waals surface area (Å²) < 4.78 is 26.4. The molecule has 3 rings (SSSR count). The Bertz CT molecular complexity index is 883. The van der Waals surface area contributed by atoms with E-state index in [-0.39, 0.29) is 10.6 Å². The van der Waals surface area contributed by atoms with Crippen LogP contribution in [0.4, 0.5) is 0 Å². The second-order valence-corrected chi connectivity index (χ2v) is 6.31. The lowest BCUT2D eigenvalue weighted by molar-refractivity contribution is 0.473. The smallest absolute Gasteiger partial charge is 0.269 e. The maximum Gasteiger partial charge on any atom is 0.269 e. The predicted octanol–water partition coefficient (Wildman–Crippen LogP) is 2.29. The summed E-state index contributed by atoms with van der Waals surface area (Å²) in [6, 6.07) is 9.69. The van der Waals surface area contributed by atoms with Crippen molar-refractivity contribution >= 4 is 21.1 Å². The maximum atomic E-state index is 12.6. The van der Waals surface area contributed by atoms with Crippen molar-refractivity contribution in [3.05, 3.63) is 54.4 Å². The highest BCUT2D eigenvalue weighted by Gasteiger charge is 2.20. The van der Waals surface area contributed by atoms with E-state index in [1.54, 1.807) is 25.1 Å². The van der Waals surface area contributed by atoms with E-state index in [9.17, 15) is 13.5 Å². The zero-order valence-electron chi connectivity index (χ0n) is 10.7. The molecule has 0 saturated heterocycles. The van der Waals surface area contributed by atoms with Gasteiger partial charge in [0, 0.05) is 11.6 Å². The van der Waals surface area contributed by atoms with Gasteiger partial charge in [-0.25, -0.2) is 17.4 Å². The molecule has 0 aliphatic rings. The van der Waals surface area contributed by atoms with Crippen LogP contribution in [0, 0.1) is 6.92 Å². The Balaban J connectivity index is 2.31. The summed E-state index contributed by atoms with van der Waals surface area (Å²) in [5.74, 6) is 0.00968. The lowest BCUT2D eigenvalue weighted by Crippen LogP contribution is -2.12. The molecule has 20 heavy (non-hydrogen) atoms. The number of benzene rings is 1. The van der Waals surface area contributed by atoms with Gasteiger partial charge in [-0.15, -0.1) is 0 Å². The molecule has 0 radical (unpaired) electrons. The highest BCUT2D eigenvalue weighted by molar-refractivity contribution is 7.90. The third kappa shape index (κ3) is 1.85. The molecular formula is C14H12N2O3S. The molecule has 0 bridgehead atoms. The van der Waals surface area contributed by atoms with Gasteiger partial charge >= 0.3 is 0 Å². The monoisotopic (exact) mass is 288 g/mol. The molecule has 102 valence electrons. The van der Waals surface area contributed by atoms with E-state index >= 15 is 0 Å². The molecule has 0 aliphatic carbocycles. The van der Waals surface area contributed by atoms with Crippen LogP contribution < -0.4 is 0 Å². The van der Waals surface area contributed by atoms with Gasteiger partial charge in [0.15, 0.2) is 5.65 Å². The van der Waals surface area contributed by atoms with Crippen LogP contribution in [-0.4, -0.2) is 22.5 Å². The standard InChI is InChI=1S/C14H12N2O3S/c1-10-9-16(14-13(10)7-11(17)8-15-14)20(18,19)12-5-3-2-4-6-12/h2-9,17H,1H3. The Labute approximate surface area is 116 Å². The van der Waals surface area contributed by atoms with Crippen molar-refractivity contribution in [3.8, 4) is 5.75 Å². The van der Waals surface area contributed by atoms with Crippen LogP contribution in [0.5, 0.6) is 5.75 Å². The largest absolute Gasteiger partial charge is 0.506 e. The van der Waals surface area contributed by atoms with Gasteiger partial charge in [0.1, 0.15) is 5.75 Å². The van der Waals surface area contributed by atoms with E-state index in [0.717, 1.165) is 9.54 Å². The summed E-state index contributed by atoms with van der Waals surface area (Å²) in [4.78, 5) is 4.23. The molecule has 1 N–H and O–H groups in total. The fourth-order valence-corrected chi connectivity index (χ4v) is 3.51. The Hall–Kier alpha value is -2.34. The van der Waals surface area contributed by atoms with E-state index in [1.165, 1.54) is 30.6 Å². The number of fused-ring (bicyclic) bond motifs is 1. The lowest BCUT2D eigenvalue weighted by atomic mass is 10.2. The molecule has 6 heteroatoms. The van der Waals surface area contributed by atoms with Crippen molar-refractivity contribution in [2.75, 3.05) is 0 Å². The van der Waals surface area contributed by atoms with Crippen LogP contribution in [0.2, 0.25) is 0 Å². The molecule has 0 aliphatic heterocycles. The summed E-state index contributed by atoms with van der Waals surface area (Å²) in [6.07, 6.45) is 2.75. The van der Waals surface area contributed by atoms with Gasteiger partial charge in [-0.2, -0.15) is 0 Å². The van der Waals surface area contributed by atoms with Gasteiger partial charge in [-0.3, -0.25) is 0 Å². The van der Waals surface area contributed by atoms with Crippen molar-refractivity contribution in [3.63, 3.8) is 0 Å². The number of nitrogens with zero attached hydrogens (tertiary/aromatic N) is 2. The normalized spacial score (nSPS) is 11.8. The molecule has 3 aromatic rings. The summed E-state index contributed by atoms with van der Waals surface area (Å²) in [7, 11) is -3.69. The predicted molar refractivity (Wildman–Crippen MR) is 75.2 cm³/mol. The van der Waals surface area contributed by atoms with Crippen LogP contribution in [-0.2, 0) is 10.0 Å². The van der Waals surface area contributed by atoms with Gasteiger partial charge in [0.2, 0.25) is 0 Å². The highest BCUT2D eigenvalue weighted by atomic mass is 32.2. The molecule has 0 atom stereocenters. The SMILES string of the molecule is Cc1cn(S(=O)(=O)c2ccccc2)c2ncc(O)cc12. The summed E-state index contributed by atoms with van der Waals surface area (Å²) in [5, 5.41) is 10.1. The van der Waals surface area contributed by atoms with Crippen molar-refractivity contribution in [2.45, 2.75) is 11.8 Å². The summed E-state index contributed by atoms with van der Waals surface area (Å²) >= 11 is 0. The molecule has 1 aromatic carbocycles. The zero-order valence-corrected chi connectivity index (χ0v) is 11.5. The first kappa shape index (κ1) is 12.7. The zero-order chi connectivity index (χ0) is 14.3. The van der Waals surface area contributed by atoms with E-state index in [1.807, 2.05) is 0 Å². The number of hydrogen-bond acceptors (Lipinski definition) is 4. The Morgan fingerprint density at radius 2 is 1.90 bits per heavy atom. The first-order valence-electron chi connectivity index (χ1n) is 5.97. The van der Waals surface area contributed by atoms with Crippen LogP contribution >= 0.6 is 0 Å². The Kier molecular flexibility index (Phi) is 2.76. The minimum absolute atomic E-state index is 0.00968. The van der Waals surface area contributed by atoms with Gasteiger partial charge in [0.25, 0.3) is 10.0 Å². The van der Waals surface area contributed by atoms with Crippen molar-refractivity contribution in [1.82, 2.24) is 8.96 Å². The molecular weight excluding hydrogens is 276 g/mol.